The second-order valence-electron chi connectivity index (χ2n) is 7.05. The summed E-state index contributed by atoms with van der Waals surface area (Å²) in [6.07, 6.45) is 2.95. The fraction of sp³-hybridized carbons (Fsp3) is 0.136. The maximum atomic E-state index is 13.2. The molecule has 1 aliphatic heterocycles. The van der Waals surface area contributed by atoms with Gasteiger partial charge < -0.3 is 5.11 Å². The zero-order valence-corrected chi connectivity index (χ0v) is 18.3. The number of benzene rings is 2. The smallest absolute Gasteiger partial charge is 0.303 e. The predicted octanol–water partition coefficient (Wildman–Crippen LogP) is 3.78. The molecular weight excluding hydrogens is 452 g/mol. The summed E-state index contributed by atoms with van der Waals surface area (Å²) in [6.45, 7) is 0.0124. The van der Waals surface area contributed by atoms with Crippen molar-refractivity contribution in [2.45, 2.75) is 17.7 Å². The number of carboxylic acid groups (broad SMARTS) is 1. The molecule has 0 bridgehead atoms. The maximum Gasteiger partial charge on any atom is 0.303 e. The molecule has 0 atom stereocenters. The lowest BCUT2D eigenvalue weighted by Crippen LogP contribution is -2.29. The van der Waals surface area contributed by atoms with Crippen LogP contribution in [0.1, 0.15) is 18.4 Å². The number of amides is 2. The normalized spacial score (nSPS) is 15.8. The van der Waals surface area contributed by atoms with Crippen LogP contribution in [-0.4, -0.2) is 46.1 Å². The maximum absolute atomic E-state index is 13.2. The third-order valence-electron chi connectivity index (χ3n) is 4.94. The molecule has 3 aromatic rings. The number of para-hydroxylation sites is 1. The van der Waals surface area contributed by atoms with Gasteiger partial charge >= 0.3 is 5.97 Å². The van der Waals surface area contributed by atoms with E-state index in [1.165, 1.54) is 28.4 Å². The van der Waals surface area contributed by atoms with Gasteiger partial charge in [-0.1, -0.05) is 36.4 Å². The zero-order chi connectivity index (χ0) is 22.9. The summed E-state index contributed by atoms with van der Waals surface area (Å²) in [4.78, 5) is 37.0. The van der Waals surface area contributed by atoms with E-state index in [-0.39, 0.29) is 29.2 Å². The molecule has 1 fully saturated rings. The average Bonchev–Trinajstić information content (AvgIpc) is 3.27. The van der Waals surface area contributed by atoms with E-state index in [1.54, 1.807) is 42.5 Å². The molecule has 1 aliphatic rings. The number of hydrogen-bond acceptors (Lipinski definition) is 6. The Kier molecular flexibility index (Phi) is 5.90. The zero-order valence-electron chi connectivity index (χ0n) is 16.7. The number of aromatic nitrogens is 1. The standard InChI is InChI=1S/C22H18N2O6S2/c25-20(26)11-6-12-23-21(27)19(31-22(23)28)13-15-14-24(18-10-5-4-9-17(15)18)32(29,30)16-7-2-1-3-8-16/h1-5,7-10,13-14H,6,11-12H2,(H,25,26)/b19-13+. The van der Waals surface area contributed by atoms with Crippen molar-refractivity contribution >= 4 is 55.9 Å². The van der Waals surface area contributed by atoms with Crippen LogP contribution in [-0.2, 0) is 19.6 Å². The number of thioether (sulfide) groups is 1. The quantitative estimate of drug-likeness (QED) is 0.523. The highest BCUT2D eigenvalue weighted by atomic mass is 32.2. The van der Waals surface area contributed by atoms with Gasteiger partial charge in [0.05, 0.1) is 15.3 Å². The van der Waals surface area contributed by atoms with Crippen molar-refractivity contribution in [3.63, 3.8) is 0 Å². The molecule has 0 saturated carbocycles. The van der Waals surface area contributed by atoms with Crippen molar-refractivity contribution in [2.24, 2.45) is 0 Å². The number of imide groups is 1. The van der Waals surface area contributed by atoms with E-state index in [0.717, 1.165) is 16.7 Å². The minimum absolute atomic E-state index is 0.0124. The van der Waals surface area contributed by atoms with E-state index in [1.807, 2.05) is 0 Å². The van der Waals surface area contributed by atoms with Crippen molar-refractivity contribution in [1.29, 1.82) is 0 Å². The molecule has 4 rings (SSSR count). The summed E-state index contributed by atoms with van der Waals surface area (Å²) >= 11 is 0.750. The number of rotatable bonds is 7. The lowest BCUT2D eigenvalue weighted by atomic mass is 10.1. The Morgan fingerprint density at radius 1 is 1.03 bits per heavy atom. The van der Waals surface area contributed by atoms with Crippen LogP contribution in [0, 0.1) is 0 Å². The third kappa shape index (κ3) is 4.06. The van der Waals surface area contributed by atoms with Crippen molar-refractivity contribution < 1.29 is 27.9 Å². The lowest BCUT2D eigenvalue weighted by Gasteiger charge is -2.10. The molecule has 2 aromatic carbocycles. The van der Waals surface area contributed by atoms with E-state index in [0.29, 0.717) is 16.5 Å². The molecule has 0 unspecified atom stereocenters. The van der Waals surface area contributed by atoms with Crippen LogP contribution < -0.4 is 0 Å². The SMILES string of the molecule is O=C(O)CCCN1C(=O)S/C(=C/c2cn(S(=O)(=O)c3ccccc3)c3ccccc23)C1=O. The van der Waals surface area contributed by atoms with Gasteiger partial charge in [0.2, 0.25) is 0 Å². The van der Waals surface area contributed by atoms with E-state index in [4.69, 9.17) is 5.11 Å². The molecule has 0 spiro atoms. The number of aliphatic carboxylic acids is 1. The van der Waals surface area contributed by atoms with Crippen molar-refractivity contribution in [3.8, 4) is 0 Å². The minimum Gasteiger partial charge on any atom is -0.481 e. The summed E-state index contributed by atoms with van der Waals surface area (Å²) in [5, 5.41) is 8.90. The highest BCUT2D eigenvalue weighted by molar-refractivity contribution is 8.18. The first-order valence-electron chi connectivity index (χ1n) is 9.67. The second kappa shape index (κ2) is 8.64. The van der Waals surface area contributed by atoms with Gasteiger partial charge in [-0.25, -0.2) is 12.4 Å². The Balaban J connectivity index is 1.72. The van der Waals surface area contributed by atoms with Crippen LogP contribution >= 0.6 is 11.8 Å². The highest BCUT2D eigenvalue weighted by Crippen LogP contribution is 2.35. The molecule has 2 heterocycles. The van der Waals surface area contributed by atoms with E-state index >= 15 is 0 Å². The van der Waals surface area contributed by atoms with Gasteiger partial charge in [0, 0.05) is 30.1 Å². The molecule has 8 nitrogen and oxygen atoms in total. The molecule has 164 valence electrons. The number of nitrogens with zero attached hydrogens (tertiary/aromatic N) is 2. The third-order valence-corrected chi connectivity index (χ3v) is 7.54. The van der Waals surface area contributed by atoms with Gasteiger partial charge in [0.15, 0.2) is 0 Å². The van der Waals surface area contributed by atoms with Gasteiger partial charge in [0.1, 0.15) is 0 Å². The molecule has 1 aromatic heterocycles. The second-order valence-corrected chi connectivity index (χ2v) is 9.85. The van der Waals surface area contributed by atoms with E-state index in [2.05, 4.69) is 0 Å². The Labute approximate surface area is 188 Å². The van der Waals surface area contributed by atoms with Crippen molar-refractivity contribution in [2.75, 3.05) is 6.54 Å². The Hall–Kier alpha value is -3.37. The summed E-state index contributed by atoms with van der Waals surface area (Å²) in [6, 6.07) is 14.9. The van der Waals surface area contributed by atoms with Crippen LogP contribution in [0.4, 0.5) is 4.79 Å². The van der Waals surface area contributed by atoms with Crippen LogP contribution in [0.25, 0.3) is 17.0 Å². The Morgan fingerprint density at radius 2 is 1.72 bits per heavy atom. The Morgan fingerprint density at radius 3 is 2.44 bits per heavy atom. The largest absolute Gasteiger partial charge is 0.481 e. The summed E-state index contributed by atoms with van der Waals surface area (Å²) in [5.41, 5.74) is 0.930. The predicted molar refractivity (Wildman–Crippen MR) is 121 cm³/mol. The van der Waals surface area contributed by atoms with Crippen LogP contribution in [0.2, 0.25) is 0 Å². The number of carbonyl (C=O) groups is 3. The van der Waals surface area contributed by atoms with Gasteiger partial charge in [-0.2, -0.15) is 0 Å². The molecule has 0 radical (unpaired) electrons. The molecule has 1 saturated heterocycles. The first-order valence-corrected chi connectivity index (χ1v) is 11.9. The molecular formula is C22H18N2O6S2. The van der Waals surface area contributed by atoms with E-state index < -0.39 is 27.1 Å². The van der Waals surface area contributed by atoms with Crippen molar-refractivity contribution in [1.82, 2.24) is 8.87 Å². The van der Waals surface area contributed by atoms with Gasteiger partial charge in [-0.15, -0.1) is 0 Å². The van der Waals surface area contributed by atoms with Crippen LogP contribution in [0.5, 0.6) is 0 Å². The number of fused-ring (bicyclic) bond motifs is 1. The lowest BCUT2D eigenvalue weighted by molar-refractivity contribution is -0.137. The first-order chi connectivity index (χ1) is 15.3. The van der Waals surface area contributed by atoms with Gasteiger partial charge in [0.25, 0.3) is 21.2 Å². The van der Waals surface area contributed by atoms with Gasteiger partial charge in [-0.05, 0) is 42.5 Å². The summed E-state index contributed by atoms with van der Waals surface area (Å²) in [7, 11) is -3.87. The minimum atomic E-state index is -3.87. The number of carboxylic acids is 1. The van der Waals surface area contributed by atoms with Crippen molar-refractivity contribution in [3.05, 3.63) is 71.3 Å². The topological polar surface area (TPSA) is 114 Å². The average molecular weight is 471 g/mol. The van der Waals surface area contributed by atoms with Gasteiger partial charge in [-0.3, -0.25) is 19.3 Å². The molecule has 10 heteroatoms. The fourth-order valence-corrected chi connectivity index (χ4v) is 5.67. The number of hydrogen-bond donors (Lipinski definition) is 1. The molecule has 2 amide bonds. The highest BCUT2D eigenvalue weighted by Gasteiger charge is 2.35. The fourth-order valence-electron chi connectivity index (χ4n) is 3.42. The molecule has 1 N–H and O–H groups in total. The summed E-state index contributed by atoms with van der Waals surface area (Å²) < 4.78 is 27.6. The van der Waals surface area contributed by atoms with E-state index in [9.17, 15) is 22.8 Å². The van der Waals surface area contributed by atoms with Crippen LogP contribution in [0.3, 0.4) is 0 Å². The Bertz CT molecular complexity index is 1360. The molecule has 0 aliphatic carbocycles. The summed E-state index contributed by atoms with van der Waals surface area (Å²) in [5.74, 6) is -1.52. The molecule has 32 heavy (non-hydrogen) atoms. The van der Waals surface area contributed by atoms with Crippen LogP contribution in [0.15, 0.2) is 70.6 Å². The number of carbonyl (C=O) groups excluding carboxylic acids is 2. The monoisotopic (exact) mass is 470 g/mol. The first kappa shape index (κ1) is 21.8.